The highest BCUT2D eigenvalue weighted by atomic mass is 16.2. The second-order valence-electron chi connectivity index (χ2n) is 8.18. The molecule has 2 aromatic rings. The highest BCUT2D eigenvalue weighted by Crippen LogP contribution is 2.37. The number of carbonyl (C=O) groups is 1. The second kappa shape index (κ2) is 6.35. The van der Waals surface area contributed by atoms with E-state index in [9.17, 15) is 14.4 Å². The summed E-state index contributed by atoms with van der Waals surface area (Å²) in [4.78, 5) is 47.8. The zero-order valence-electron chi connectivity index (χ0n) is 15.7. The predicted molar refractivity (Wildman–Crippen MR) is 99.0 cm³/mol. The van der Waals surface area contributed by atoms with Crippen molar-refractivity contribution < 1.29 is 4.79 Å². The maximum atomic E-state index is 12.8. The van der Waals surface area contributed by atoms with Gasteiger partial charge in [-0.1, -0.05) is 6.42 Å². The summed E-state index contributed by atoms with van der Waals surface area (Å²) >= 11 is 0. The molecule has 1 saturated heterocycles. The molecule has 2 aliphatic heterocycles. The van der Waals surface area contributed by atoms with E-state index in [1.807, 2.05) is 6.92 Å². The summed E-state index contributed by atoms with van der Waals surface area (Å²) in [6.45, 7) is 3.78. The number of amides is 1. The number of nitrogens with zero attached hydrogens (tertiary/aromatic N) is 6. The second-order valence-corrected chi connectivity index (χ2v) is 8.18. The van der Waals surface area contributed by atoms with E-state index in [4.69, 9.17) is 0 Å². The van der Waals surface area contributed by atoms with Gasteiger partial charge in [0.15, 0.2) is 0 Å². The maximum Gasteiger partial charge on any atom is 0.332 e. The van der Waals surface area contributed by atoms with Crippen molar-refractivity contribution in [2.75, 3.05) is 13.1 Å². The zero-order chi connectivity index (χ0) is 19.4. The normalized spacial score (nSPS) is 23.4. The van der Waals surface area contributed by atoms with Gasteiger partial charge < -0.3 is 4.90 Å². The van der Waals surface area contributed by atoms with Crippen LogP contribution in [0.4, 0.5) is 0 Å². The van der Waals surface area contributed by atoms with Gasteiger partial charge in [0.2, 0.25) is 0 Å². The van der Waals surface area contributed by atoms with Gasteiger partial charge in [0.05, 0.1) is 11.9 Å². The molecule has 1 amide bonds. The molecule has 0 N–H and O–H groups in total. The largest absolute Gasteiger partial charge is 0.336 e. The highest BCUT2D eigenvalue weighted by molar-refractivity contribution is 5.92. The lowest BCUT2D eigenvalue weighted by atomic mass is 9.85. The number of hydrogen-bond donors (Lipinski definition) is 0. The van der Waals surface area contributed by atoms with Crippen LogP contribution in [0.3, 0.4) is 0 Å². The van der Waals surface area contributed by atoms with Crippen molar-refractivity contribution in [2.24, 2.45) is 11.8 Å². The average Bonchev–Trinajstić information content (AvgIpc) is 3.21. The van der Waals surface area contributed by atoms with Crippen LogP contribution in [-0.2, 0) is 13.1 Å². The Kier molecular flexibility index (Phi) is 3.92. The summed E-state index contributed by atoms with van der Waals surface area (Å²) in [5, 5.41) is 4.56. The molecule has 4 heterocycles. The van der Waals surface area contributed by atoms with Gasteiger partial charge in [-0.05, 0) is 25.7 Å². The lowest BCUT2D eigenvalue weighted by molar-refractivity contribution is 0.0776. The molecule has 1 saturated carbocycles. The van der Waals surface area contributed by atoms with Crippen molar-refractivity contribution in [3.05, 3.63) is 50.3 Å². The van der Waals surface area contributed by atoms with Crippen LogP contribution in [0.25, 0.3) is 0 Å². The van der Waals surface area contributed by atoms with Crippen molar-refractivity contribution in [3.63, 3.8) is 0 Å². The Labute approximate surface area is 161 Å². The summed E-state index contributed by atoms with van der Waals surface area (Å²) in [6.07, 6.45) is 6.42. The fourth-order valence-corrected chi connectivity index (χ4v) is 4.46. The van der Waals surface area contributed by atoms with Crippen LogP contribution in [-0.4, -0.2) is 48.2 Å². The first-order chi connectivity index (χ1) is 13.5. The topological polar surface area (TPSA) is 103 Å². The zero-order valence-corrected chi connectivity index (χ0v) is 15.7. The van der Waals surface area contributed by atoms with Crippen molar-refractivity contribution in [2.45, 2.75) is 45.2 Å². The van der Waals surface area contributed by atoms with E-state index in [1.165, 1.54) is 21.9 Å². The van der Waals surface area contributed by atoms with Crippen LogP contribution < -0.4 is 11.1 Å². The van der Waals surface area contributed by atoms with Crippen LogP contribution in [0.15, 0.2) is 22.0 Å². The van der Waals surface area contributed by atoms with E-state index in [1.54, 1.807) is 11.1 Å². The summed E-state index contributed by atoms with van der Waals surface area (Å²) < 4.78 is 2.87. The Morgan fingerprint density at radius 1 is 1.11 bits per heavy atom. The Hall–Kier alpha value is -2.84. The Morgan fingerprint density at radius 3 is 2.61 bits per heavy atom. The van der Waals surface area contributed by atoms with Crippen LogP contribution in [0, 0.1) is 18.8 Å². The van der Waals surface area contributed by atoms with E-state index in [0.717, 1.165) is 18.5 Å². The number of aryl methyl sites for hydroxylation is 1. The molecule has 2 atom stereocenters. The molecular weight excluding hydrogens is 360 g/mol. The van der Waals surface area contributed by atoms with Crippen molar-refractivity contribution in [1.29, 1.82) is 0 Å². The Morgan fingerprint density at radius 2 is 1.93 bits per heavy atom. The minimum atomic E-state index is -0.529. The standard InChI is InChI=1S/C19H22N6O3/c1-11-5-21-15(6-20-11)17(26)23-8-13-9-24-16(14(13)10-23)22-25(19(28)18(24)27)7-12-3-2-4-12/h5-6,12-14H,2-4,7-10H2,1H3. The third kappa shape index (κ3) is 2.68. The van der Waals surface area contributed by atoms with Gasteiger partial charge in [-0.2, -0.15) is 5.10 Å². The fraction of sp³-hybridized carbons (Fsp3) is 0.579. The third-order valence-corrected chi connectivity index (χ3v) is 6.30. The molecule has 2 unspecified atom stereocenters. The van der Waals surface area contributed by atoms with Crippen molar-refractivity contribution >= 4 is 5.91 Å². The minimum Gasteiger partial charge on any atom is -0.336 e. The molecule has 0 bridgehead atoms. The first kappa shape index (κ1) is 17.3. The van der Waals surface area contributed by atoms with Gasteiger partial charge >= 0.3 is 11.1 Å². The molecular formula is C19H22N6O3. The maximum absolute atomic E-state index is 12.8. The Balaban J connectivity index is 1.41. The molecule has 2 fully saturated rings. The molecule has 2 aromatic heterocycles. The molecule has 3 aliphatic rings. The van der Waals surface area contributed by atoms with Crippen LogP contribution in [0.5, 0.6) is 0 Å². The van der Waals surface area contributed by atoms with Crippen molar-refractivity contribution in [1.82, 2.24) is 29.2 Å². The predicted octanol–water partition coefficient (Wildman–Crippen LogP) is 0.173. The van der Waals surface area contributed by atoms with Gasteiger partial charge in [-0.25, -0.2) is 9.67 Å². The molecule has 0 spiro atoms. The SMILES string of the molecule is Cc1cnc(C(=O)N2CC3Cn4c(nn(CC5CCC5)c(=O)c4=O)C3C2)cn1. The van der Waals surface area contributed by atoms with Crippen LogP contribution >= 0.6 is 0 Å². The van der Waals surface area contributed by atoms with E-state index in [0.29, 0.717) is 43.6 Å². The van der Waals surface area contributed by atoms with Gasteiger partial charge in [0, 0.05) is 44.2 Å². The summed E-state index contributed by atoms with van der Waals surface area (Å²) in [5.41, 5.74) is 0.0714. The van der Waals surface area contributed by atoms with Gasteiger partial charge in [-0.15, -0.1) is 0 Å². The van der Waals surface area contributed by atoms with Crippen molar-refractivity contribution in [3.8, 4) is 0 Å². The van der Waals surface area contributed by atoms with E-state index in [2.05, 4.69) is 15.1 Å². The number of aromatic nitrogens is 5. The monoisotopic (exact) mass is 382 g/mol. The number of likely N-dealkylation sites (tertiary alicyclic amines) is 1. The fourth-order valence-electron chi connectivity index (χ4n) is 4.46. The summed E-state index contributed by atoms with van der Waals surface area (Å²) in [5.74, 6) is 0.995. The highest BCUT2D eigenvalue weighted by Gasteiger charge is 2.44. The first-order valence-corrected chi connectivity index (χ1v) is 9.81. The average molecular weight is 382 g/mol. The number of carbonyl (C=O) groups excluding carboxylic acids is 1. The summed E-state index contributed by atoms with van der Waals surface area (Å²) in [7, 11) is 0. The molecule has 5 rings (SSSR count). The Bertz CT molecular complexity index is 1050. The molecule has 146 valence electrons. The lowest BCUT2D eigenvalue weighted by Crippen LogP contribution is -2.45. The van der Waals surface area contributed by atoms with E-state index in [-0.39, 0.29) is 17.7 Å². The molecule has 28 heavy (non-hydrogen) atoms. The molecule has 0 aromatic carbocycles. The quantitative estimate of drug-likeness (QED) is 0.701. The molecule has 9 nitrogen and oxygen atoms in total. The van der Waals surface area contributed by atoms with Gasteiger partial charge in [0.1, 0.15) is 11.5 Å². The number of rotatable bonds is 3. The molecule has 9 heteroatoms. The number of hydrogen-bond acceptors (Lipinski definition) is 6. The van der Waals surface area contributed by atoms with Crippen LogP contribution in [0.1, 0.15) is 47.2 Å². The minimum absolute atomic E-state index is 0.0247. The van der Waals surface area contributed by atoms with E-state index >= 15 is 0 Å². The molecule has 0 radical (unpaired) electrons. The van der Waals surface area contributed by atoms with E-state index < -0.39 is 11.1 Å². The lowest BCUT2D eigenvalue weighted by Gasteiger charge is -2.25. The summed E-state index contributed by atoms with van der Waals surface area (Å²) in [6, 6.07) is 0. The first-order valence-electron chi connectivity index (χ1n) is 9.81. The van der Waals surface area contributed by atoms with Gasteiger partial charge in [0.25, 0.3) is 5.91 Å². The van der Waals surface area contributed by atoms with Gasteiger partial charge in [-0.3, -0.25) is 23.9 Å². The third-order valence-electron chi connectivity index (χ3n) is 6.30. The van der Waals surface area contributed by atoms with Crippen LogP contribution in [0.2, 0.25) is 0 Å². The molecule has 1 aliphatic carbocycles. The smallest absolute Gasteiger partial charge is 0.332 e. The number of fused-ring (bicyclic) bond motifs is 3.